The van der Waals surface area contributed by atoms with Gasteiger partial charge in [0.25, 0.3) is 11.8 Å². The molecule has 6 rings (SSSR count). The molecular weight excluding hydrogens is 798 g/mol. The van der Waals surface area contributed by atoms with Crippen molar-refractivity contribution in [3.8, 4) is 45.6 Å². The summed E-state index contributed by atoms with van der Waals surface area (Å²) in [5.41, 5.74) is -0.107. The van der Waals surface area contributed by atoms with Crippen LogP contribution in [0.1, 0.15) is 43.0 Å². The first-order valence-electron chi connectivity index (χ1n) is 17.9. The molecule has 0 aliphatic rings. The molecule has 0 radical (unpaired) electrons. The van der Waals surface area contributed by atoms with Gasteiger partial charge in [0.15, 0.2) is 23.0 Å². The Labute approximate surface area is 339 Å². The van der Waals surface area contributed by atoms with Gasteiger partial charge < -0.3 is 39.1 Å². The van der Waals surface area contributed by atoms with Gasteiger partial charge in [-0.25, -0.2) is 0 Å². The maximum Gasteiger partial charge on any atom is 0.416 e. The molecule has 0 saturated carbocycles. The maximum atomic E-state index is 14.1. The monoisotopic (exact) mass is 836 g/mol. The molecular formula is C44H38F6N2O8. The van der Waals surface area contributed by atoms with Crippen molar-refractivity contribution in [3.63, 3.8) is 0 Å². The maximum absolute atomic E-state index is 14.1. The van der Waals surface area contributed by atoms with Crippen LogP contribution in [-0.2, 0) is 12.4 Å². The Kier molecular flexibility index (Phi) is 11.7. The van der Waals surface area contributed by atoms with Crippen LogP contribution in [0.3, 0.4) is 0 Å². The first-order chi connectivity index (χ1) is 28.4. The van der Waals surface area contributed by atoms with Crippen LogP contribution >= 0.6 is 0 Å². The smallest absolute Gasteiger partial charge is 0.416 e. The van der Waals surface area contributed by atoms with Gasteiger partial charge in [-0.3, -0.25) is 9.59 Å². The summed E-state index contributed by atoms with van der Waals surface area (Å²) in [5.74, 6) is -0.821. The molecule has 0 aliphatic heterocycles. The van der Waals surface area contributed by atoms with Gasteiger partial charge in [-0.05, 0) is 85.6 Å². The second-order valence-electron chi connectivity index (χ2n) is 13.4. The third-order valence-electron chi connectivity index (χ3n) is 9.88. The lowest BCUT2D eigenvalue weighted by Gasteiger charge is -2.24. The highest BCUT2D eigenvalue weighted by Crippen LogP contribution is 2.52. The minimum atomic E-state index is -4.65. The number of amides is 2. The van der Waals surface area contributed by atoms with E-state index in [0.717, 1.165) is 24.3 Å². The Balaban J connectivity index is 1.59. The van der Waals surface area contributed by atoms with E-state index in [1.54, 1.807) is 38.1 Å². The van der Waals surface area contributed by atoms with Gasteiger partial charge in [-0.15, -0.1) is 0 Å². The Bertz CT molecular complexity index is 2490. The standard InChI is InChI=1S/C44H38F6N2O8/c1-21-15-27-29(19-31(55-3)39(59-7)35(27)41(53)51-25-13-9-11-23(17-25)43(45,46)47)37(57-5)33(21)34-22(2)16-28-30(38(34)58-6)20-32(56-4)40(60-8)36(28)42(54)52-26-14-10-12-24(18-26)44(48,49)50/h9-20H,1-8H3,(H,51,53)(H,52,54). The number of fused-ring (bicyclic) bond motifs is 2. The number of nitrogens with one attached hydrogen (secondary N) is 2. The third kappa shape index (κ3) is 7.72. The number of carbonyl (C=O) groups is 2. The quantitative estimate of drug-likeness (QED) is 0.124. The van der Waals surface area contributed by atoms with E-state index in [1.165, 1.54) is 66.9 Å². The van der Waals surface area contributed by atoms with E-state index in [1.807, 2.05) is 0 Å². The number of ether oxygens (including phenoxy) is 6. The second kappa shape index (κ2) is 16.4. The average Bonchev–Trinajstić information content (AvgIpc) is 3.20. The van der Waals surface area contributed by atoms with Crippen LogP contribution in [0.25, 0.3) is 32.7 Å². The summed E-state index contributed by atoms with van der Waals surface area (Å²) < 4.78 is 116. The number of carbonyl (C=O) groups excluding carboxylic acids is 2. The van der Waals surface area contributed by atoms with E-state index in [0.29, 0.717) is 43.8 Å². The van der Waals surface area contributed by atoms with Crippen LogP contribution in [0.5, 0.6) is 34.5 Å². The van der Waals surface area contributed by atoms with Gasteiger partial charge in [-0.2, -0.15) is 26.3 Å². The SMILES string of the molecule is COc1cc2c(OC)c(-c3c(C)cc4c(C(=O)Nc5cccc(C(F)(F)F)c5)c(OC)c(OC)cc4c3OC)c(C)cc2c(C(=O)Nc2cccc(C(F)(F)F)c2)c1OC. The molecule has 2 amide bonds. The van der Waals surface area contributed by atoms with Gasteiger partial charge in [-0.1, -0.05) is 12.1 Å². The zero-order valence-electron chi connectivity index (χ0n) is 33.5. The predicted molar refractivity (Wildman–Crippen MR) is 214 cm³/mol. The summed E-state index contributed by atoms with van der Waals surface area (Å²) in [6.45, 7) is 3.52. The molecule has 0 fully saturated rings. The van der Waals surface area contributed by atoms with E-state index in [9.17, 15) is 35.9 Å². The van der Waals surface area contributed by atoms with Crippen molar-refractivity contribution in [2.45, 2.75) is 26.2 Å². The largest absolute Gasteiger partial charge is 0.495 e. The molecule has 0 bridgehead atoms. The molecule has 0 spiro atoms. The summed E-state index contributed by atoms with van der Waals surface area (Å²) in [5, 5.41) is 6.46. The molecule has 6 aromatic carbocycles. The van der Waals surface area contributed by atoms with Gasteiger partial charge in [0.05, 0.1) is 64.9 Å². The predicted octanol–water partition coefficient (Wildman–Crippen LogP) is 10.9. The number of hydrogen-bond acceptors (Lipinski definition) is 8. The van der Waals surface area contributed by atoms with Gasteiger partial charge >= 0.3 is 12.4 Å². The Morgan fingerprint density at radius 2 is 0.817 bits per heavy atom. The number of alkyl halides is 6. The Morgan fingerprint density at radius 3 is 1.12 bits per heavy atom. The van der Waals surface area contributed by atoms with Gasteiger partial charge in [0.2, 0.25) is 0 Å². The Morgan fingerprint density at radius 1 is 0.467 bits per heavy atom. The van der Waals surface area contributed by atoms with E-state index in [-0.39, 0.29) is 57.0 Å². The zero-order chi connectivity index (χ0) is 43.8. The van der Waals surface area contributed by atoms with Crippen molar-refractivity contribution in [2.24, 2.45) is 0 Å². The molecule has 0 saturated heterocycles. The fraction of sp³-hybridized carbons (Fsp3) is 0.227. The highest BCUT2D eigenvalue weighted by Gasteiger charge is 2.33. The minimum Gasteiger partial charge on any atom is -0.495 e. The van der Waals surface area contributed by atoms with Gasteiger partial charge in [0, 0.05) is 44.0 Å². The molecule has 0 aliphatic carbocycles. The first-order valence-corrected chi connectivity index (χ1v) is 17.9. The molecule has 0 aromatic heterocycles. The van der Waals surface area contributed by atoms with Crippen LogP contribution in [0.2, 0.25) is 0 Å². The molecule has 60 heavy (non-hydrogen) atoms. The number of halogens is 6. The van der Waals surface area contributed by atoms with Crippen LogP contribution in [0, 0.1) is 13.8 Å². The van der Waals surface area contributed by atoms with E-state index in [4.69, 9.17) is 28.4 Å². The number of rotatable bonds is 11. The highest BCUT2D eigenvalue weighted by atomic mass is 19.4. The van der Waals surface area contributed by atoms with Crippen molar-refractivity contribution in [3.05, 3.63) is 106 Å². The summed E-state index contributed by atoms with van der Waals surface area (Å²) in [6.07, 6.45) is -9.30. The summed E-state index contributed by atoms with van der Waals surface area (Å²) in [6, 6.07) is 15.0. The topological polar surface area (TPSA) is 114 Å². The fourth-order valence-corrected chi connectivity index (χ4v) is 7.33. The number of aryl methyl sites for hydroxylation is 2. The normalized spacial score (nSPS) is 11.6. The van der Waals surface area contributed by atoms with E-state index in [2.05, 4.69) is 10.6 Å². The second-order valence-corrected chi connectivity index (χ2v) is 13.4. The molecule has 6 aromatic rings. The zero-order valence-corrected chi connectivity index (χ0v) is 33.5. The summed E-state index contributed by atoms with van der Waals surface area (Å²) in [7, 11) is 8.21. The van der Waals surface area contributed by atoms with Crippen molar-refractivity contribution in [1.29, 1.82) is 0 Å². The third-order valence-corrected chi connectivity index (χ3v) is 9.88. The van der Waals surface area contributed by atoms with Gasteiger partial charge in [0.1, 0.15) is 11.5 Å². The molecule has 0 atom stereocenters. The van der Waals surface area contributed by atoms with Crippen molar-refractivity contribution in [1.82, 2.24) is 0 Å². The number of anilines is 2. The first kappa shape index (κ1) is 42.8. The molecule has 0 unspecified atom stereocenters. The lowest BCUT2D eigenvalue weighted by Crippen LogP contribution is -2.16. The Hall–Kier alpha value is -6.84. The molecule has 314 valence electrons. The van der Waals surface area contributed by atoms with Crippen molar-refractivity contribution >= 4 is 44.7 Å². The number of benzene rings is 6. The molecule has 10 nitrogen and oxygen atoms in total. The van der Waals surface area contributed by atoms with E-state index >= 15 is 0 Å². The fourth-order valence-electron chi connectivity index (χ4n) is 7.33. The lowest BCUT2D eigenvalue weighted by molar-refractivity contribution is -0.138. The van der Waals surface area contributed by atoms with Crippen LogP contribution in [0.15, 0.2) is 72.8 Å². The molecule has 16 heteroatoms. The van der Waals surface area contributed by atoms with E-state index < -0.39 is 35.3 Å². The molecule has 0 heterocycles. The number of methoxy groups -OCH3 is 6. The van der Waals surface area contributed by atoms with Crippen molar-refractivity contribution in [2.75, 3.05) is 53.3 Å². The number of hydrogen-bond donors (Lipinski definition) is 2. The minimum absolute atomic E-state index is 0.0140. The summed E-state index contributed by atoms with van der Waals surface area (Å²) >= 11 is 0. The van der Waals surface area contributed by atoms with Crippen LogP contribution < -0.4 is 39.1 Å². The highest BCUT2D eigenvalue weighted by molar-refractivity contribution is 6.20. The van der Waals surface area contributed by atoms with Crippen molar-refractivity contribution < 1.29 is 64.4 Å². The average molecular weight is 837 g/mol. The molecule has 2 N–H and O–H groups in total. The lowest BCUT2D eigenvalue weighted by atomic mass is 9.87. The van der Waals surface area contributed by atoms with Crippen LogP contribution in [0.4, 0.5) is 37.7 Å². The summed E-state index contributed by atoms with van der Waals surface area (Å²) in [4.78, 5) is 28.2. The van der Waals surface area contributed by atoms with Crippen LogP contribution in [-0.4, -0.2) is 54.5 Å².